The topological polar surface area (TPSA) is 56.5 Å². The maximum absolute atomic E-state index is 13.1. The Morgan fingerprint density at radius 1 is 1.14 bits per heavy atom. The van der Waals surface area contributed by atoms with Gasteiger partial charge in [0.15, 0.2) is 0 Å². The summed E-state index contributed by atoms with van der Waals surface area (Å²) < 4.78 is 23.4. The lowest BCUT2D eigenvalue weighted by Crippen LogP contribution is -2.08. The van der Waals surface area contributed by atoms with Crippen LogP contribution in [0.3, 0.4) is 0 Å². The maximum atomic E-state index is 13.1. The van der Waals surface area contributed by atoms with E-state index in [-0.39, 0.29) is 11.3 Å². The standard InChI is InChI=1S/C17H11FO4/c1-10-7-16(19)22-15-9-13(5-6-14(10)15)21-17(20)11-3-2-4-12(18)8-11/h2-9H,1H3. The first-order chi connectivity index (χ1) is 10.5. The van der Waals surface area contributed by atoms with E-state index in [1.807, 2.05) is 0 Å². The van der Waals surface area contributed by atoms with Crippen LogP contribution < -0.4 is 10.4 Å². The highest BCUT2D eigenvalue weighted by atomic mass is 19.1. The van der Waals surface area contributed by atoms with E-state index >= 15 is 0 Å². The summed E-state index contributed by atoms with van der Waals surface area (Å²) in [7, 11) is 0. The molecule has 5 heteroatoms. The van der Waals surface area contributed by atoms with E-state index in [2.05, 4.69) is 0 Å². The minimum atomic E-state index is -0.686. The highest BCUT2D eigenvalue weighted by Gasteiger charge is 2.11. The number of rotatable bonds is 2. The van der Waals surface area contributed by atoms with E-state index in [9.17, 15) is 14.0 Å². The average molecular weight is 298 g/mol. The fraction of sp³-hybridized carbons (Fsp3) is 0.0588. The number of halogens is 1. The molecule has 0 bridgehead atoms. The van der Waals surface area contributed by atoms with E-state index in [4.69, 9.17) is 9.15 Å². The van der Waals surface area contributed by atoms with Gasteiger partial charge in [-0.1, -0.05) is 6.07 Å². The molecule has 0 atom stereocenters. The summed E-state index contributed by atoms with van der Waals surface area (Å²) in [5.41, 5.74) is 0.730. The summed E-state index contributed by atoms with van der Waals surface area (Å²) in [4.78, 5) is 23.3. The molecule has 22 heavy (non-hydrogen) atoms. The second-order valence-electron chi connectivity index (χ2n) is 4.81. The van der Waals surface area contributed by atoms with Crippen molar-refractivity contribution in [2.24, 2.45) is 0 Å². The quantitative estimate of drug-likeness (QED) is 0.413. The molecule has 1 heterocycles. The normalized spacial score (nSPS) is 10.6. The first-order valence-corrected chi connectivity index (χ1v) is 6.55. The molecule has 4 nitrogen and oxygen atoms in total. The number of hydrogen-bond acceptors (Lipinski definition) is 4. The van der Waals surface area contributed by atoms with E-state index in [1.165, 1.54) is 30.3 Å². The number of benzene rings is 2. The van der Waals surface area contributed by atoms with Crippen molar-refractivity contribution in [3.05, 3.63) is 75.9 Å². The van der Waals surface area contributed by atoms with Gasteiger partial charge in [0.2, 0.25) is 0 Å². The molecule has 0 fully saturated rings. The van der Waals surface area contributed by atoms with Crippen LogP contribution in [0.2, 0.25) is 0 Å². The Morgan fingerprint density at radius 2 is 1.95 bits per heavy atom. The second kappa shape index (κ2) is 5.44. The second-order valence-corrected chi connectivity index (χ2v) is 4.81. The number of hydrogen-bond donors (Lipinski definition) is 0. The van der Waals surface area contributed by atoms with Gasteiger partial charge in [0.1, 0.15) is 17.1 Å². The van der Waals surface area contributed by atoms with Gasteiger partial charge in [0, 0.05) is 17.5 Å². The molecule has 0 saturated carbocycles. The molecular weight excluding hydrogens is 287 g/mol. The molecule has 0 unspecified atom stereocenters. The summed E-state index contributed by atoms with van der Waals surface area (Å²) in [6, 6.07) is 11.3. The van der Waals surface area contributed by atoms with Crippen molar-refractivity contribution in [1.82, 2.24) is 0 Å². The van der Waals surface area contributed by atoms with Gasteiger partial charge in [0.05, 0.1) is 5.56 Å². The fourth-order valence-corrected chi connectivity index (χ4v) is 2.15. The third kappa shape index (κ3) is 2.74. The average Bonchev–Trinajstić information content (AvgIpc) is 2.46. The molecule has 0 N–H and O–H groups in total. The first kappa shape index (κ1) is 14.0. The van der Waals surface area contributed by atoms with Gasteiger partial charge in [-0.3, -0.25) is 0 Å². The van der Waals surface area contributed by atoms with Gasteiger partial charge < -0.3 is 9.15 Å². The van der Waals surface area contributed by atoms with Gasteiger partial charge in [-0.05, 0) is 42.8 Å². The molecule has 110 valence electrons. The lowest BCUT2D eigenvalue weighted by Gasteiger charge is -2.06. The van der Waals surface area contributed by atoms with Crippen LogP contribution in [0.15, 0.2) is 57.7 Å². The van der Waals surface area contributed by atoms with Gasteiger partial charge in [-0.15, -0.1) is 0 Å². The van der Waals surface area contributed by atoms with Crippen LogP contribution in [-0.4, -0.2) is 5.97 Å². The van der Waals surface area contributed by atoms with Gasteiger partial charge in [-0.25, -0.2) is 14.0 Å². The molecule has 0 radical (unpaired) electrons. The zero-order valence-electron chi connectivity index (χ0n) is 11.6. The van der Waals surface area contributed by atoms with Crippen molar-refractivity contribution < 1.29 is 18.3 Å². The Kier molecular flexibility index (Phi) is 3.47. The predicted octanol–water partition coefficient (Wildman–Crippen LogP) is 3.46. The lowest BCUT2D eigenvalue weighted by atomic mass is 10.1. The van der Waals surface area contributed by atoms with Crippen LogP contribution in [0.5, 0.6) is 5.75 Å². The third-order valence-corrected chi connectivity index (χ3v) is 3.19. The number of carbonyl (C=O) groups excluding carboxylic acids is 1. The van der Waals surface area contributed by atoms with Crippen LogP contribution in [0.4, 0.5) is 4.39 Å². The summed E-state index contributed by atoms with van der Waals surface area (Å²) in [5, 5.41) is 0.755. The van der Waals surface area contributed by atoms with E-state index < -0.39 is 17.4 Å². The van der Waals surface area contributed by atoms with E-state index in [0.717, 1.165) is 17.0 Å². The minimum absolute atomic E-state index is 0.103. The van der Waals surface area contributed by atoms with Crippen LogP contribution in [0.1, 0.15) is 15.9 Å². The highest BCUT2D eigenvalue weighted by molar-refractivity contribution is 5.91. The molecule has 2 aromatic carbocycles. The Balaban J connectivity index is 1.94. The molecule has 0 aliphatic heterocycles. The number of carbonyl (C=O) groups is 1. The third-order valence-electron chi connectivity index (χ3n) is 3.19. The zero-order chi connectivity index (χ0) is 15.7. The summed E-state index contributed by atoms with van der Waals surface area (Å²) in [6.07, 6.45) is 0. The van der Waals surface area contributed by atoms with Crippen LogP contribution in [-0.2, 0) is 0 Å². The van der Waals surface area contributed by atoms with Crippen molar-refractivity contribution in [2.75, 3.05) is 0 Å². The largest absolute Gasteiger partial charge is 0.423 e. The first-order valence-electron chi connectivity index (χ1n) is 6.55. The monoisotopic (exact) mass is 298 g/mol. The number of ether oxygens (including phenoxy) is 1. The zero-order valence-corrected chi connectivity index (χ0v) is 11.6. The molecule has 0 saturated heterocycles. The Labute approximate surface area is 124 Å². The van der Waals surface area contributed by atoms with Crippen molar-refractivity contribution in [3.63, 3.8) is 0 Å². The van der Waals surface area contributed by atoms with Gasteiger partial charge >= 0.3 is 11.6 Å². The predicted molar refractivity (Wildman–Crippen MR) is 78.6 cm³/mol. The Morgan fingerprint density at radius 3 is 2.73 bits per heavy atom. The number of fused-ring (bicyclic) bond motifs is 1. The molecule has 0 aliphatic carbocycles. The SMILES string of the molecule is Cc1cc(=O)oc2cc(OC(=O)c3cccc(F)c3)ccc12. The lowest BCUT2D eigenvalue weighted by molar-refractivity contribution is 0.0734. The number of esters is 1. The van der Waals surface area contributed by atoms with Crippen molar-refractivity contribution in [3.8, 4) is 5.75 Å². The molecule has 3 aromatic rings. The summed E-state index contributed by atoms with van der Waals surface area (Å²) >= 11 is 0. The molecule has 0 aliphatic rings. The smallest absolute Gasteiger partial charge is 0.343 e. The summed E-state index contributed by atoms with van der Waals surface area (Å²) in [6.45, 7) is 1.79. The minimum Gasteiger partial charge on any atom is -0.423 e. The Hall–Kier alpha value is -2.95. The van der Waals surface area contributed by atoms with Crippen LogP contribution in [0.25, 0.3) is 11.0 Å². The van der Waals surface area contributed by atoms with Gasteiger partial charge in [0.25, 0.3) is 0 Å². The maximum Gasteiger partial charge on any atom is 0.343 e. The van der Waals surface area contributed by atoms with Crippen molar-refractivity contribution in [1.29, 1.82) is 0 Å². The van der Waals surface area contributed by atoms with E-state index in [1.54, 1.807) is 19.1 Å². The van der Waals surface area contributed by atoms with Crippen LogP contribution in [0, 0.1) is 12.7 Å². The highest BCUT2D eigenvalue weighted by Crippen LogP contribution is 2.23. The molecular formula is C17H11FO4. The van der Waals surface area contributed by atoms with Crippen molar-refractivity contribution >= 4 is 16.9 Å². The molecule has 1 aromatic heterocycles. The number of aryl methyl sites for hydroxylation is 1. The molecule has 0 spiro atoms. The van der Waals surface area contributed by atoms with Gasteiger partial charge in [-0.2, -0.15) is 0 Å². The fourth-order valence-electron chi connectivity index (χ4n) is 2.15. The van der Waals surface area contributed by atoms with E-state index in [0.29, 0.717) is 5.58 Å². The Bertz CT molecular complexity index is 927. The molecule has 3 rings (SSSR count). The van der Waals surface area contributed by atoms with Crippen LogP contribution >= 0.6 is 0 Å². The van der Waals surface area contributed by atoms with Crippen molar-refractivity contribution in [2.45, 2.75) is 6.92 Å². The molecule has 0 amide bonds. The summed E-state index contributed by atoms with van der Waals surface area (Å²) in [5.74, 6) is -0.987.